The zero-order valence-electron chi connectivity index (χ0n) is 23.3. The van der Waals surface area contributed by atoms with Crippen LogP contribution in [0.1, 0.15) is 30.9 Å². The SMILES string of the molecule is C=C(F)C(=O)N1CCN(c2nc(OC[C@@H]3CCCN3C)nc3c2CC=C(c2cccc4cccc(Cl)c24)O3)C[C@H]1C. The Morgan fingerprint density at radius 1 is 1.20 bits per heavy atom. The number of amides is 1. The Labute approximate surface area is 244 Å². The van der Waals surface area contributed by atoms with Gasteiger partial charge >= 0.3 is 6.01 Å². The van der Waals surface area contributed by atoms with Gasteiger partial charge in [0.2, 0.25) is 5.88 Å². The number of halogens is 2. The number of carbonyl (C=O) groups is 1. The molecule has 8 nitrogen and oxygen atoms in total. The Kier molecular flexibility index (Phi) is 7.57. The Morgan fingerprint density at radius 2 is 2.00 bits per heavy atom. The summed E-state index contributed by atoms with van der Waals surface area (Å²) < 4.78 is 26.3. The van der Waals surface area contributed by atoms with Crippen molar-refractivity contribution in [2.75, 3.05) is 44.7 Å². The summed E-state index contributed by atoms with van der Waals surface area (Å²) in [6, 6.07) is 12.2. The molecule has 0 N–H and O–H groups in total. The minimum absolute atomic E-state index is 0.237. The molecule has 0 unspecified atom stereocenters. The van der Waals surface area contributed by atoms with Gasteiger partial charge in [0.25, 0.3) is 5.91 Å². The molecule has 4 heterocycles. The summed E-state index contributed by atoms with van der Waals surface area (Å²) in [5.74, 6) is 0.198. The fraction of sp³-hybridized carbons (Fsp3) is 0.387. The number of likely N-dealkylation sites (N-methyl/N-ethyl adjacent to an activating group) is 1. The summed E-state index contributed by atoms with van der Waals surface area (Å²) in [6.07, 6.45) is 4.77. The molecule has 3 aromatic rings. The van der Waals surface area contributed by atoms with Crippen LogP contribution in [-0.4, -0.2) is 77.6 Å². The molecule has 3 aliphatic heterocycles. The maximum atomic E-state index is 13.6. The molecule has 214 valence electrons. The predicted molar refractivity (Wildman–Crippen MR) is 158 cm³/mol. The molecule has 1 aromatic heterocycles. The highest BCUT2D eigenvalue weighted by atomic mass is 35.5. The van der Waals surface area contributed by atoms with Crippen molar-refractivity contribution >= 4 is 39.9 Å². The van der Waals surface area contributed by atoms with Gasteiger partial charge in [-0.25, -0.2) is 4.39 Å². The second kappa shape index (κ2) is 11.3. The number of fused-ring (bicyclic) bond motifs is 2. The van der Waals surface area contributed by atoms with E-state index >= 15 is 0 Å². The first-order chi connectivity index (χ1) is 19.8. The summed E-state index contributed by atoms with van der Waals surface area (Å²) in [5.41, 5.74) is 1.73. The maximum Gasteiger partial charge on any atom is 0.321 e. The fourth-order valence-corrected chi connectivity index (χ4v) is 6.28. The number of carbonyl (C=O) groups excluding carboxylic acids is 1. The number of ether oxygens (including phenoxy) is 2. The molecule has 1 amide bonds. The first-order valence-corrected chi connectivity index (χ1v) is 14.4. The van der Waals surface area contributed by atoms with Crippen molar-refractivity contribution in [3.63, 3.8) is 0 Å². The van der Waals surface area contributed by atoms with Crippen LogP contribution >= 0.6 is 11.6 Å². The van der Waals surface area contributed by atoms with Crippen LogP contribution in [0.25, 0.3) is 16.5 Å². The molecule has 2 saturated heterocycles. The Bertz CT molecular complexity index is 1540. The van der Waals surface area contributed by atoms with E-state index in [9.17, 15) is 9.18 Å². The van der Waals surface area contributed by atoms with Crippen molar-refractivity contribution in [2.24, 2.45) is 0 Å². The summed E-state index contributed by atoms with van der Waals surface area (Å²) in [6.45, 7) is 7.90. The largest absolute Gasteiger partial charge is 0.462 e. The maximum absolute atomic E-state index is 13.6. The molecule has 2 fully saturated rings. The first kappa shape index (κ1) is 27.5. The molecule has 41 heavy (non-hydrogen) atoms. The van der Waals surface area contributed by atoms with Gasteiger partial charge in [0.1, 0.15) is 18.2 Å². The number of likely N-dealkylation sites (tertiary alicyclic amines) is 1. The number of anilines is 1. The van der Waals surface area contributed by atoms with Crippen LogP contribution in [0.2, 0.25) is 5.02 Å². The van der Waals surface area contributed by atoms with Gasteiger partial charge in [0, 0.05) is 54.1 Å². The van der Waals surface area contributed by atoms with Gasteiger partial charge in [-0.05, 0) is 50.9 Å². The third kappa shape index (κ3) is 5.36. The highest BCUT2D eigenvalue weighted by Crippen LogP contribution is 2.39. The summed E-state index contributed by atoms with van der Waals surface area (Å²) >= 11 is 6.62. The van der Waals surface area contributed by atoms with E-state index in [0.717, 1.165) is 41.3 Å². The molecule has 0 aliphatic carbocycles. The zero-order valence-corrected chi connectivity index (χ0v) is 24.0. The smallest absolute Gasteiger partial charge is 0.321 e. The van der Waals surface area contributed by atoms with Crippen molar-refractivity contribution in [3.05, 3.63) is 71.0 Å². The van der Waals surface area contributed by atoms with Gasteiger partial charge in [0.15, 0.2) is 5.83 Å². The van der Waals surface area contributed by atoms with Gasteiger partial charge in [-0.2, -0.15) is 9.97 Å². The van der Waals surface area contributed by atoms with Gasteiger partial charge in [-0.15, -0.1) is 0 Å². The van der Waals surface area contributed by atoms with Gasteiger partial charge in [-0.3, -0.25) is 4.79 Å². The number of hydrogen-bond acceptors (Lipinski definition) is 7. The standard InChI is InChI=1S/C31H33ClFN5O3/c1-19-17-37(15-16-38(19)30(39)20(2)33)28-24-12-13-26(23-10-4-7-21-8-5-11-25(32)27(21)23)41-29(24)35-31(34-28)40-18-22-9-6-14-36(22)3/h4-5,7-8,10-11,13,19,22H,2,6,9,12,14-18H2,1,3H3/t19-,22+/m1/s1. The van der Waals surface area contributed by atoms with Crippen LogP contribution in [0, 0.1) is 0 Å². The molecule has 0 spiro atoms. The molecule has 0 bridgehead atoms. The second-order valence-electron chi connectivity index (χ2n) is 10.9. The van der Waals surface area contributed by atoms with Crippen LogP contribution in [-0.2, 0) is 11.2 Å². The number of piperazine rings is 1. The molecule has 2 atom stereocenters. The van der Waals surface area contributed by atoms with E-state index in [1.807, 2.05) is 49.4 Å². The number of nitrogens with zero attached hydrogens (tertiary/aromatic N) is 5. The minimum atomic E-state index is -0.947. The zero-order chi connectivity index (χ0) is 28.7. The number of hydrogen-bond donors (Lipinski definition) is 0. The van der Waals surface area contributed by atoms with Gasteiger partial charge < -0.3 is 24.2 Å². The third-order valence-corrected chi connectivity index (χ3v) is 8.56. The Balaban J connectivity index is 1.33. The second-order valence-corrected chi connectivity index (χ2v) is 11.3. The lowest BCUT2D eigenvalue weighted by Gasteiger charge is -2.40. The lowest BCUT2D eigenvalue weighted by Crippen LogP contribution is -2.54. The number of benzene rings is 2. The summed E-state index contributed by atoms with van der Waals surface area (Å²) in [4.78, 5) is 27.8. The number of aromatic nitrogens is 2. The average Bonchev–Trinajstić information content (AvgIpc) is 3.39. The summed E-state index contributed by atoms with van der Waals surface area (Å²) in [5, 5.41) is 2.60. The molecule has 0 radical (unpaired) electrons. The van der Waals surface area contributed by atoms with Crippen LogP contribution < -0.4 is 14.4 Å². The van der Waals surface area contributed by atoms with E-state index in [2.05, 4.69) is 23.4 Å². The van der Waals surface area contributed by atoms with E-state index in [-0.39, 0.29) is 12.1 Å². The normalized spacial score (nSPS) is 20.9. The Morgan fingerprint density at radius 3 is 2.73 bits per heavy atom. The predicted octanol–water partition coefficient (Wildman–Crippen LogP) is 5.25. The lowest BCUT2D eigenvalue weighted by molar-refractivity contribution is -0.131. The van der Waals surface area contributed by atoms with Crippen LogP contribution in [0.4, 0.5) is 10.2 Å². The number of rotatable bonds is 6. The molecular formula is C31H33ClFN5O3. The summed E-state index contributed by atoms with van der Waals surface area (Å²) in [7, 11) is 2.10. The van der Waals surface area contributed by atoms with Crippen molar-refractivity contribution in [1.29, 1.82) is 0 Å². The van der Waals surface area contributed by atoms with Gasteiger partial charge in [0.05, 0.1) is 5.56 Å². The Hall–Kier alpha value is -3.69. The number of allylic oxidation sites excluding steroid dienone is 1. The third-order valence-electron chi connectivity index (χ3n) is 8.24. The quantitative estimate of drug-likeness (QED) is 0.371. The van der Waals surface area contributed by atoms with Crippen LogP contribution in [0.5, 0.6) is 11.9 Å². The van der Waals surface area contributed by atoms with Crippen molar-refractivity contribution < 1.29 is 18.7 Å². The highest BCUT2D eigenvalue weighted by molar-refractivity contribution is 6.36. The van der Waals surface area contributed by atoms with E-state index in [1.54, 1.807) is 0 Å². The van der Waals surface area contributed by atoms with Crippen LogP contribution in [0.3, 0.4) is 0 Å². The van der Waals surface area contributed by atoms with E-state index in [4.69, 9.17) is 31.0 Å². The van der Waals surface area contributed by atoms with Crippen molar-refractivity contribution in [2.45, 2.75) is 38.3 Å². The van der Waals surface area contributed by atoms with E-state index in [1.165, 1.54) is 4.90 Å². The monoisotopic (exact) mass is 577 g/mol. The van der Waals surface area contributed by atoms with Crippen molar-refractivity contribution in [3.8, 4) is 11.9 Å². The van der Waals surface area contributed by atoms with E-state index < -0.39 is 11.7 Å². The fourth-order valence-electron chi connectivity index (χ4n) is 6.00. The first-order valence-electron chi connectivity index (χ1n) is 14.0. The van der Waals surface area contributed by atoms with Crippen molar-refractivity contribution in [1.82, 2.24) is 19.8 Å². The lowest BCUT2D eigenvalue weighted by atomic mass is 10.0. The minimum Gasteiger partial charge on any atom is -0.462 e. The van der Waals surface area contributed by atoms with Gasteiger partial charge in [-0.1, -0.05) is 48.5 Å². The topological polar surface area (TPSA) is 71.0 Å². The molecular weight excluding hydrogens is 545 g/mol. The highest BCUT2D eigenvalue weighted by Gasteiger charge is 2.33. The van der Waals surface area contributed by atoms with E-state index in [0.29, 0.717) is 61.2 Å². The average molecular weight is 578 g/mol. The van der Waals surface area contributed by atoms with Crippen LogP contribution in [0.15, 0.2) is 54.9 Å². The molecule has 10 heteroatoms. The molecule has 2 aromatic carbocycles. The molecule has 0 saturated carbocycles. The molecule has 3 aliphatic rings. The molecule has 6 rings (SSSR count).